The first kappa shape index (κ1) is 47.3. The topological polar surface area (TPSA) is 64.5 Å². The van der Waals surface area contributed by atoms with E-state index >= 15 is 0 Å². The van der Waals surface area contributed by atoms with E-state index in [4.69, 9.17) is 9.97 Å². The Balaban J connectivity index is 1.08. The van der Waals surface area contributed by atoms with Crippen LogP contribution in [0.2, 0.25) is 0 Å². The van der Waals surface area contributed by atoms with Crippen LogP contribution in [0.25, 0.3) is 43.8 Å². The van der Waals surface area contributed by atoms with Gasteiger partial charge < -0.3 is 9.80 Å². The number of allylic oxidation sites excluding steroid dienone is 3. The predicted octanol–water partition coefficient (Wildman–Crippen LogP) is 18.7. The van der Waals surface area contributed by atoms with Crippen LogP contribution in [0.1, 0.15) is 12.8 Å². The smallest absolute Gasteiger partial charge is 0.137 e. The predicted molar refractivity (Wildman–Crippen MR) is 323 cm³/mol. The molecule has 12 aromatic rings. The van der Waals surface area contributed by atoms with E-state index in [0.29, 0.717) is 0 Å². The van der Waals surface area contributed by atoms with Crippen molar-refractivity contribution in [1.82, 2.24) is 19.9 Å². The van der Waals surface area contributed by atoms with E-state index in [2.05, 4.69) is 236 Å². The van der Waals surface area contributed by atoms with Crippen LogP contribution >= 0.6 is 0 Å². The molecule has 13 rings (SSSR count). The van der Waals surface area contributed by atoms with Gasteiger partial charge in [-0.3, -0.25) is 19.8 Å². The molecular weight excluding hydrogens is 953 g/mol. The number of hydrogen-bond donors (Lipinski definition) is 0. The number of nitrogens with zero attached hydrogens (tertiary/aromatic N) is 8. The highest BCUT2D eigenvalue weighted by Crippen LogP contribution is 2.49. The van der Waals surface area contributed by atoms with Crippen molar-refractivity contribution in [2.24, 2.45) is 0 Å². The Morgan fingerprint density at radius 2 is 0.705 bits per heavy atom. The maximum absolute atomic E-state index is 4.91. The molecule has 0 N–H and O–H groups in total. The molecule has 8 heteroatoms. The van der Waals surface area contributed by atoms with E-state index in [0.717, 1.165) is 125 Å². The Bertz CT molecular complexity index is 3930. The van der Waals surface area contributed by atoms with Crippen molar-refractivity contribution in [3.05, 3.63) is 298 Å². The fourth-order valence-corrected chi connectivity index (χ4v) is 10.8. The molecule has 4 heterocycles. The van der Waals surface area contributed by atoms with Gasteiger partial charge >= 0.3 is 0 Å². The van der Waals surface area contributed by atoms with E-state index < -0.39 is 0 Å². The molecule has 0 radical (unpaired) electrons. The Labute approximate surface area is 454 Å². The third-order valence-electron chi connectivity index (χ3n) is 14.3. The summed E-state index contributed by atoms with van der Waals surface area (Å²) in [7, 11) is 0. The number of rotatable bonds is 14. The molecular formula is C70H52N8. The van der Waals surface area contributed by atoms with Crippen molar-refractivity contribution >= 4 is 84.4 Å². The molecule has 0 unspecified atom stereocenters. The van der Waals surface area contributed by atoms with Gasteiger partial charge in [0.25, 0.3) is 0 Å². The first-order chi connectivity index (χ1) is 38.7. The lowest BCUT2D eigenvalue weighted by Crippen LogP contribution is -2.16. The van der Waals surface area contributed by atoms with Crippen LogP contribution in [-0.2, 0) is 0 Å². The number of aromatic nitrogens is 4. The number of benzene rings is 8. The minimum atomic E-state index is 0.787. The second-order valence-corrected chi connectivity index (χ2v) is 19.1. The molecule has 1 aliphatic carbocycles. The third-order valence-corrected chi connectivity index (χ3v) is 14.3. The van der Waals surface area contributed by atoms with Gasteiger partial charge in [-0.25, -0.2) is 9.97 Å². The highest BCUT2D eigenvalue weighted by molar-refractivity contribution is 6.22. The molecule has 0 saturated heterocycles. The highest BCUT2D eigenvalue weighted by Gasteiger charge is 2.24. The number of para-hydroxylation sites is 3. The van der Waals surface area contributed by atoms with Crippen LogP contribution in [-0.4, -0.2) is 19.9 Å². The number of anilines is 11. The summed E-state index contributed by atoms with van der Waals surface area (Å²) in [5, 5.41) is 4.37. The number of fused-ring (bicyclic) bond motifs is 2. The lowest BCUT2D eigenvalue weighted by Gasteiger charge is -2.28. The summed E-state index contributed by atoms with van der Waals surface area (Å²) in [4.78, 5) is 28.0. The molecule has 0 saturated carbocycles. The minimum Gasteiger partial charge on any atom is -0.311 e. The van der Waals surface area contributed by atoms with Crippen LogP contribution < -0.4 is 19.6 Å². The molecule has 8 nitrogen and oxygen atoms in total. The van der Waals surface area contributed by atoms with Gasteiger partial charge in [0.1, 0.15) is 11.6 Å². The van der Waals surface area contributed by atoms with E-state index in [1.807, 2.05) is 85.7 Å². The van der Waals surface area contributed by atoms with Gasteiger partial charge in [0.05, 0.1) is 23.8 Å². The summed E-state index contributed by atoms with van der Waals surface area (Å²) in [6.45, 7) is 0. The standard InChI is InChI=1S/C70H52N8/c1-5-19-53(20-6-1)75(54-21-7-2-8-22-54)57-35-31-51(32-36-57)69-63-41-39-60(78(62-28-18-44-72-50-62)68-30-14-16-46-74-68)48-66(63)70(52-33-37-58(38-34-52)76(55-23-9-3-10-24-55)56-25-11-4-12-26-56)64-42-40-59(47-65(64)69)77(61-27-17-43-71-49-61)67-29-13-15-45-73-67/h1-3,5-11,13-50H,4,12H2. The van der Waals surface area contributed by atoms with Gasteiger partial charge in [0, 0.05) is 70.3 Å². The summed E-state index contributed by atoms with van der Waals surface area (Å²) in [6.07, 6.45) is 20.0. The Morgan fingerprint density at radius 1 is 0.295 bits per heavy atom. The summed E-state index contributed by atoms with van der Waals surface area (Å²) >= 11 is 0. The molecule has 0 bridgehead atoms. The third kappa shape index (κ3) is 9.28. The molecule has 0 atom stereocenters. The van der Waals surface area contributed by atoms with E-state index in [1.165, 1.54) is 0 Å². The normalized spacial score (nSPS) is 12.0. The average molecular weight is 1010 g/mol. The molecule has 0 aliphatic heterocycles. The lowest BCUT2D eigenvalue weighted by molar-refractivity contribution is 0.997. The fraction of sp³-hybridized carbons (Fsp3) is 0.0286. The van der Waals surface area contributed by atoms with Gasteiger partial charge in [-0.15, -0.1) is 0 Å². The van der Waals surface area contributed by atoms with Gasteiger partial charge in [0.15, 0.2) is 0 Å². The van der Waals surface area contributed by atoms with E-state index in [9.17, 15) is 0 Å². The first-order valence-electron chi connectivity index (χ1n) is 26.3. The second kappa shape index (κ2) is 21.4. The maximum atomic E-state index is 4.91. The van der Waals surface area contributed by atoms with Crippen molar-refractivity contribution in [1.29, 1.82) is 0 Å². The zero-order valence-electron chi connectivity index (χ0n) is 42.7. The molecule has 8 aromatic carbocycles. The van der Waals surface area contributed by atoms with Gasteiger partial charge in [-0.2, -0.15) is 0 Å². The van der Waals surface area contributed by atoms with Crippen molar-refractivity contribution < 1.29 is 0 Å². The number of pyridine rings is 4. The zero-order valence-corrected chi connectivity index (χ0v) is 42.7. The molecule has 78 heavy (non-hydrogen) atoms. The summed E-state index contributed by atoms with van der Waals surface area (Å²) in [5.41, 5.74) is 14.7. The van der Waals surface area contributed by atoms with Gasteiger partial charge in [-0.1, -0.05) is 115 Å². The molecule has 0 fully saturated rings. The fourth-order valence-electron chi connectivity index (χ4n) is 10.8. The van der Waals surface area contributed by atoms with Crippen molar-refractivity contribution in [3.63, 3.8) is 0 Å². The largest absolute Gasteiger partial charge is 0.311 e. The minimum absolute atomic E-state index is 0.787. The number of hydrogen-bond acceptors (Lipinski definition) is 8. The average Bonchev–Trinajstić information content (AvgIpc) is 3.55. The molecule has 0 spiro atoms. The molecule has 1 aliphatic rings. The van der Waals surface area contributed by atoms with Crippen LogP contribution in [0.4, 0.5) is 62.8 Å². The summed E-state index contributed by atoms with van der Waals surface area (Å²) in [6, 6.07) is 83.8. The zero-order chi connectivity index (χ0) is 52.0. The first-order valence-corrected chi connectivity index (χ1v) is 26.3. The van der Waals surface area contributed by atoms with Crippen molar-refractivity contribution in [2.75, 3.05) is 19.6 Å². The van der Waals surface area contributed by atoms with Crippen LogP contribution in [0.5, 0.6) is 0 Å². The molecule has 4 aromatic heterocycles. The van der Waals surface area contributed by atoms with Crippen LogP contribution in [0, 0.1) is 0 Å². The Hall–Kier alpha value is -10.4. The summed E-state index contributed by atoms with van der Waals surface area (Å²) < 4.78 is 0. The Kier molecular flexibility index (Phi) is 13.0. The highest BCUT2D eigenvalue weighted by atomic mass is 15.2. The quantitative estimate of drug-likeness (QED) is 0.0999. The monoisotopic (exact) mass is 1000 g/mol. The van der Waals surface area contributed by atoms with Crippen molar-refractivity contribution in [3.8, 4) is 22.3 Å². The van der Waals surface area contributed by atoms with Crippen molar-refractivity contribution in [2.45, 2.75) is 12.8 Å². The van der Waals surface area contributed by atoms with Crippen LogP contribution in [0.15, 0.2) is 298 Å². The van der Waals surface area contributed by atoms with Gasteiger partial charge in [0.2, 0.25) is 0 Å². The lowest BCUT2D eigenvalue weighted by atomic mass is 9.85. The van der Waals surface area contributed by atoms with E-state index in [-0.39, 0.29) is 0 Å². The Morgan fingerprint density at radius 3 is 1.12 bits per heavy atom. The molecule has 0 amide bonds. The van der Waals surface area contributed by atoms with E-state index in [1.54, 1.807) is 0 Å². The molecule has 372 valence electrons. The maximum Gasteiger partial charge on any atom is 0.137 e. The van der Waals surface area contributed by atoms with Gasteiger partial charge in [-0.05, 0) is 196 Å². The SMILES string of the molecule is C1=CC(N(c2ccccc2)c2ccc(-c3c4ccc(N(c5cccnc5)c5ccccn5)cc4c(-c4ccc(N(c5ccccc5)c5ccccc5)cc4)c4ccc(N(c5cccnc5)c5ccccn5)cc34)cc2)=CCC1. The van der Waals surface area contributed by atoms with Crippen LogP contribution in [0.3, 0.4) is 0 Å². The summed E-state index contributed by atoms with van der Waals surface area (Å²) in [5.74, 6) is 1.57. The second-order valence-electron chi connectivity index (χ2n) is 19.1.